The van der Waals surface area contributed by atoms with Crippen molar-refractivity contribution in [3.63, 3.8) is 0 Å². The summed E-state index contributed by atoms with van der Waals surface area (Å²) >= 11 is 0. The molecule has 2 rings (SSSR count). The zero-order chi connectivity index (χ0) is 16.2. The highest BCUT2D eigenvalue weighted by atomic mass is 19.4. The number of hydrogen-bond donors (Lipinski definition) is 0. The summed E-state index contributed by atoms with van der Waals surface area (Å²) in [6.45, 7) is 0.0953. The van der Waals surface area contributed by atoms with Crippen molar-refractivity contribution in [1.29, 1.82) is 0 Å². The van der Waals surface area contributed by atoms with Crippen LogP contribution < -0.4 is 4.74 Å². The largest absolute Gasteiger partial charge is 0.495 e. The molecule has 0 aliphatic heterocycles. The van der Waals surface area contributed by atoms with Crippen molar-refractivity contribution in [3.05, 3.63) is 24.0 Å². The number of carbonyl (C=O) groups is 1. The first-order valence-corrected chi connectivity index (χ1v) is 7.21. The lowest BCUT2D eigenvalue weighted by molar-refractivity contribution is -0.145. The van der Waals surface area contributed by atoms with Crippen molar-refractivity contribution in [2.75, 3.05) is 20.2 Å². The average molecular weight is 316 g/mol. The molecule has 4 nitrogen and oxygen atoms in total. The van der Waals surface area contributed by atoms with Gasteiger partial charge in [-0.15, -0.1) is 0 Å². The van der Waals surface area contributed by atoms with Gasteiger partial charge in [0.2, 0.25) is 5.91 Å². The van der Waals surface area contributed by atoms with Gasteiger partial charge in [-0.3, -0.25) is 9.78 Å². The molecule has 1 aliphatic carbocycles. The fraction of sp³-hybridized carbons (Fsp3) is 0.600. The number of pyridine rings is 1. The number of carbonyl (C=O) groups excluding carboxylic acids is 1. The zero-order valence-corrected chi connectivity index (χ0v) is 12.4. The van der Waals surface area contributed by atoms with Crippen molar-refractivity contribution < 1.29 is 22.7 Å². The van der Waals surface area contributed by atoms with E-state index in [0.717, 1.165) is 12.8 Å². The molecule has 1 heterocycles. The first-order chi connectivity index (χ1) is 10.4. The monoisotopic (exact) mass is 316 g/mol. The van der Waals surface area contributed by atoms with E-state index in [1.54, 1.807) is 12.1 Å². The Morgan fingerprint density at radius 1 is 1.45 bits per heavy atom. The first-order valence-electron chi connectivity index (χ1n) is 7.21. The van der Waals surface area contributed by atoms with Crippen molar-refractivity contribution in [1.82, 2.24) is 9.88 Å². The molecule has 0 N–H and O–H groups in total. The normalized spacial score (nSPS) is 14.7. The van der Waals surface area contributed by atoms with Crippen LogP contribution >= 0.6 is 0 Å². The van der Waals surface area contributed by atoms with Gasteiger partial charge in [0.25, 0.3) is 0 Å². The Kier molecular flexibility index (Phi) is 5.26. The van der Waals surface area contributed by atoms with E-state index in [0.29, 0.717) is 23.9 Å². The van der Waals surface area contributed by atoms with Crippen LogP contribution in [0.3, 0.4) is 0 Å². The Hall–Kier alpha value is -1.79. The molecule has 7 heteroatoms. The highest BCUT2D eigenvalue weighted by Crippen LogP contribution is 2.31. The van der Waals surface area contributed by atoms with E-state index in [4.69, 9.17) is 4.74 Å². The van der Waals surface area contributed by atoms with E-state index in [1.165, 1.54) is 18.2 Å². The minimum Gasteiger partial charge on any atom is -0.495 e. The van der Waals surface area contributed by atoms with Crippen LogP contribution in [0.25, 0.3) is 0 Å². The number of hydrogen-bond acceptors (Lipinski definition) is 3. The van der Waals surface area contributed by atoms with E-state index < -0.39 is 12.6 Å². The third-order valence-electron chi connectivity index (χ3n) is 3.58. The SMILES string of the molecule is COc1cccnc1CC(=O)N(CCC(F)(F)F)CC1CC1. The van der Waals surface area contributed by atoms with Gasteiger partial charge in [-0.05, 0) is 30.9 Å². The standard InChI is InChI=1S/C15H19F3N2O2/c1-22-13-3-2-7-19-12(13)9-14(21)20(10-11-4-5-11)8-6-15(16,17)18/h2-3,7,11H,4-6,8-10H2,1H3. The lowest BCUT2D eigenvalue weighted by Crippen LogP contribution is -2.37. The topological polar surface area (TPSA) is 42.4 Å². The molecular weight excluding hydrogens is 297 g/mol. The number of nitrogens with zero attached hydrogens (tertiary/aromatic N) is 2. The Balaban J connectivity index is 2.00. The summed E-state index contributed by atoms with van der Waals surface area (Å²) < 4.78 is 42.3. The number of ether oxygens (including phenoxy) is 1. The summed E-state index contributed by atoms with van der Waals surface area (Å²) in [7, 11) is 1.47. The summed E-state index contributed by atoms with van der Waals surface area (Å²) in [6.07, 6.45) is -1.80. The summed E-state index contributed by atoms with van der Waals surface area (Å²) in [4.78, 5) is 17.7. The molecule has 0 aromatic carbocycles. The number of alkyl halides is 3. The molecule has 1 aliphatic rings. The minimum atomic E-state index is -4.26. The maximum atomic E-state index is 12.4. The van der Waals surface area contributed by atoms with E-state index in [2.05, 4.69) is 4.98 Å². The van der Waals surface area contributed by atoms with Crippen molar-refractivity contribution in [2.24, 2.45) is 5.92 Å². The Morgan fingerprint density at radius 2 is 2.18 bits per heavy atom. The van der Waals surface area contributed by atoms with Gasteiger partial charge in [0.1, 0.15) is 5.75 Å². The van der Waals surface area contributed by atoms with E-state index >= 15 is 0 Å². The average Bonchev–Trinajstić information content (AvgIpc) is 3.27. The van der Waals surface area contributed by atoms with Crippen LogP contribution in [0.15, 0.2) is 18.3 Å². The number of rotatable bonds is 7. The quantitative estimate of drug-likeness (QED) is 0.777. The number of amides is 1. The second-order valence-corrected chi connectivity index (χ2v) is 5.48. The second-order valence-electron chi connectivity index (χ2n) is 5.48. The summed E-state index contributed by atoms with van der Waals surface area (Å²) in [5.74, 6) is 0.467. The van der Waals surface area contributed by atoms with Gasteiger partial charge in [0, 0.05) is 19.3 Å². The number of halogens is 3. The van der Waals surface area contributed by atoms with E-state index in [9.17, 15) is 18.0 Å². The molecule has 1 fully saturated rings. The maximum absolute atomic E-state index is 12.4. The minimum absolute atomic E-state index is 0.0470. The first kappa shape index (κ1) is 16.6. The Morgan fingerprint density at radius 3 is 2.77 bits per heavy atom. The summed E-state index contributed by atoms with van der Waals surface area (Å²) in [5, 5.41) is 0. The molecule has 1 aromatic rings. The van der Waals surface area contributed by atoms with Crippen LogP contribution in [-0.4, -0.2) is 42.2 Å². The van der Waals surface area contributed by atoms with Gasteiger partial charge < -0.3 is 9.64 Å². The number of methoxy groups -OCH3 is 1. The highest BCUT2D eigenvalue weighted by Gasteiger charge is 2.32. The van der Waals surface area contributed by atoms with E-state index in [1.807, 2.05) is 0 Å². The van der Waals surface area contributed by atoms with Gasteiger partial charge in [0.05, 0.1) is 25.6 Å². The molecule has 1 saturated carbocycles. The predicted octanol–water partition coefficient (Wildman–Crippen LogP) is 2.82. The number of aromatic nitrogens is 1. The smallest absolute Gasteiger partial charge is 0.390 e. The molecule has 0 atom stereocenters. The third kappa shape index (κ3) is 5.20. The van der Waals surface area contributed by atoms with Crippen molar-refractivity contribution in [2.45, 2.75) is 31.9 Å². The van der Waals surface area contributed by atoms with Crippen LogP contribution in [0.2, 0.25) is 0 Å². The van der Waals surface area contributed by atoms with Crippen LogP contribution in [0, 0.1) is 5.92 Å². The van der Waals surface area contributed by atoms with Gasteiger partial charge in [-0.25, -0.2) is 0 Å². The lowest BCUT2D eigenvalue weighted by Gasteiger charge is -2.23. The Bertz CT molecular complexity index is 516. The second kappa shape index (κ2) is 6.98. The maximum Gasteiger partial charge on any atom is 0.390 e. The molecule has 0 saturated heterocycles. The molecule has 122 valence electrons. The molecule has 0 spiro atoms. The molecule has 0 unspecified atom stereocenters. The third-order valence-corrected chi connectivity index (χ3v) is 3.58. The van der Waals surface area contributed by atoms with Crippen LogP contribution in [0.4, 0.5) is 13.2 Å². The summed E-state index contributed by atoms with van der Waals surface area (Å²) in [6, 6.07) is 3.36. The fourth-order valence-corrected chi connectivity index (χ4v) is 2.19. The molecule has 0 bridgehead atoms. The van der Waals surface area contributed by atoms with Crippen molar-refractivity contribution >= 4 is 5.91 Å². The van der Waals surface area contributed by atoms with Gasteiger partial charge in [-0.2, -0.15) is 13.2 Å². The molecule has 1 amide bonds. The van der Waals surface area contributed by atoms with Gasteiger partial charge in [0.15, 0.2) is 0 Å². The van der Waals surface area contributed by atoms with Gasteiger partial charge >= 0.3 is 6.18 Å². The summed E-state index contributed by atoms with van der Waals surface area (Å²) in [5.41, 5.74) is 0.447. The fourth-order valence-electron chi connectivity index (χ4n) is 2.19. The highest BCUT2D eigenvalue weighted by molar-refractivity contribution is 5.79. The Labute approximate surface area is 127 Å². The predicted molar refractivity (Wildman–Crippen MR) is 74.5 cm³/mol. The zero-order valence-electron chi connectivity index (χ0n) is 12.4. The molecular formula is C15H19F3N2O2. The van der Waals surface area contributed by atoms with Gasteiger partial charge in [-0.1, -0.05) is 0 Å². The van der Waals surface area contributed by atoms with Crippen LogP contribution in [-0.2, 0) is 11.2 Å². The van der Waals surface area contributed by atoms with Crippen LogP contribution in [0.5, 0.6) is 5.75 Å². The van der Waals surface area contributed by atoms with E-state index in [-0.39, 0.29) is 18.9 Å². The molecule has 1 aromatic heterocycles. The van der Waals surface area contributed by atoms with Crippen LogP contribution in [0.1, 0.15) is 25.0 Å². The lowest BCUT2D eigenvalue weighted by atomic mass is 10.2. The molecule has 22 heavy (non-hydrogen) atoms. The molecule has 0 radical (unpaired) electrons. The van der Waals surface area contributed by atoms with Crippen molar-refractivity contribution in [3.8, 4) is 5.75 Å².